The van der Waals surface area contributed by atoms with Gasteiger partial charge in [0.1, 0.15) is 6.20 Å². The SMILES string of the molecule is O=Cc1cnon1. The van der Waals surface area contributed by atoms with Crippen LogP contribution in [0.3, 0.4) is 0 Å². The van der Waals surface area contributed by atoms with Crippen LogP contribution in [0.15, 0.2) is 10.8 Å². The minimum absolute atomic E-state index is 0.222. The van der Waals surface area contributed by atoms with Gasteiger partial charge < -0.3 is 0 Å². The van der Waals surface area contributed by atoms with Gasteiger partial charge >= 0.3 is 0 Å². The molecule has 0 N–H and O–H groups in total. The van der Waals surface area contributed by atoms with Crippen LogP contribution in [0.2, 0.25) is 0 Å². The lowest BCUT2D eigenvalue weighted by Gasteiger charge is -1.59. The van der Waals surface area contributed by atoms with Gasteiger partial charge in [0, 0.05) is 0 Å². The average Bonchev–Trinajstić information content (AvgIpc) is 2.14. The summed E-state index contributed by atoms with van der Waals surface area (Å²) in [4.78, 5) is 9.71. The predicted octanol–water partition coefficient (Wildman–Crippen LogP) is -0.118. The predicted molar refractivity (Wildman–Crippen MR) is 19.7 cm³/mol. The molecule has 0 fully saturated rings. The Kier molecular flexibility index (Phi) is 0.856. The van der Waals surface area contributed by atoms with Gasteiger partial charge in [-0.1, -0.05) is 5.16 Å². The molecule has 0 aliphatic carbocycles. The van der Waals surface area contributed by atoms with Crippen molar-refractivity contribution in [3.63, 3.8) is 0 Å². The highest BCUT2D eigenvalue weighted by Crippen LogP contribution is 1.80. The third-order valence-corrected chi connectivity index (χ3v) is 0.499. The van der Waals surface area contributed by atoms with Crippen LogP contribution in [0, 0.1) is 0 Å². The van der Waals surface area contributed by atoms with Crippen molar-refractivity contribution in [1.82, 2.24) is 10.3 Å². The molecule has 0 bridgehead atoms. The van der Waals surface area contributed by atoms with Crippen LogP contribution in [0.5, 0.6) is 0 Å². The van der Waals surface area contributed by atoms with E-state index in [9.17, 15) is 4.79 Å². The first-order valence-electron chi connectivity index (χ1n) is 1.66. The number of rotatable bonds is 1. The Balaban J connectivity index is 2.96. The minimum Gasteiger partial charge on any atom is -0.296 e. The highest BCUT2D eigenvalue weighted by Gasteiger charge is 1.88. The van der Waals surface area contributed by atoms with Gasteiger partial charge in [-0.3, -0.25) is 4.79 Å². The van der Waals surface area contributed by atoms with Gasteiger partial charge in [0.2, 0.25) is 0 Å². The molecule has 1 aromatic rings. The van der Waals surface area contributed by atoms with Crippen LogP contribution in [-0.4, -0.2) is 16.6 Å². The fourth-order valence-corrected chi connectivity index (χ4v) is 0.224. The number of aldehydes is 1. The first-order valence-corrected chi connectivity index (χ1v) is 1.66. The summed E-state index contributed by atoms with van der Waals surface area (Å²) in [6.45, 7) is 0. The third-order valence-electron chi connectivity index (χ3n) is 0.499. The highest BCUT2D eigenvalue weighted by atomic mass is 16.6. The summed E-state index contributed by atoms with van der Waals surface area (Å²) in [5, 5.41) is 6.36. The first-order chi connectivity index (χ1) is 3.43. The summed E-state index contributed by atoms with van der Waals surface area (Å²) < 4.78 is 4.07. The molecule has 1 rings (SSSR count). The molecule has 1 heterocycles. The van der Waals surface area contributed by atoms with Crippen LogP contribution in [0.1, 0.15) is 10.5 Å². The summed E-state index contributed by atoms with van der Waals surface area (Å²) in [7, 11) is 0. The van der Waals surface area contributed by atoms with Gasteiger partial charge in [-0.05, 0) is 5.16 Å². The van der Waals surface area contributed by atoms with Crippen molar-refractivity contribution < 1.29 is 9.42 Å². The van der Waals surface area contributed by atoms with E-state index in [2.05, 4.69) is 14.9 Å². The molecule has 0 spiro atoms. The maximum atomic E-state index is 9.71. The lowest BCUT2D eigenvalue weighted by atomic mass is 10.6. The van der Waals surface area contributed by atoms with Crippen LogP contribution in [0.25, 0.3) is 0 Å². The summed E-state index contributed by atoms with van der Waals surface area (Å²) in [6.07, 6.45) is 1.81. The second-order valence-corrected chi connectivity index (χ2v) is 0.950. The number of carbonyl (C=O) groups excluding carboxylic acids is 1. The maximum absolute atomic E-state index is 9.71. The average molecular weight is 98.1 g/mol. The number of carbonyl (C=O) groups is 1. The van der Waals surface area contributed by atoms with E-state index in [1.165, 1.54) is 6.20 Å². The second-order valence-electron chi connectivity index (χ2n) is 0.950. The summed E-state index contributed by atoms with van der Waals surface area (Å²) in [5.74, 6) is 0. The number of aromatic nitrogens is 2. The van der Waals surface area contributed by atoms with E-state index < -0.39 is 0 Å². The van der Waals surface area contributed by atoms with Gasteiger partial charge in [0.25, 0.3) is 0 Å². The summed E-state index contributed by atoms with van der Waals surface area (Å²) in [6, 6.07) is 0. The minimum atomic E-state index is 0.222. The largest absolute Gasteiger partial charge is 0.296 e. The number of hydrogen-bond donors (Lipinski definition) is 0. The van der Waals surface area contributed by atoms with Crippen molar-refractivity contribution in [2.24, 2.45) is 0 Å². The van der Waals surface area contributed by atoms with Crippen molar-refractivity contribution in [1.29, 1.82) is 0 Å². The van der Waals surface area contributed by atoms with Gasteiger partial charge in [-0.15, -0.1) is 0 Å². The normalized spacial score (nSPS) is 8.57. The zero-order chi connectivity index (χ0) is 5.11. The van der Waals surface area contributed by atoms with Crippen LogP contribution in [0.4, 0.5) is 0 Å². The molecule has 0 aliphatic rings. The molecule has 0 unspecified atom stereocenters. The Morgan fingerprint density at radius 3 is 3.00 bits per heavy atom. The van der Waals surface area contributed by atoms with E-state index in [0.29, 0.717) is 6.29 Å². The third kappa shape index (κ3) is 0.623. The molecule has 0 saturated heterocycles. The van der Waals surface area contributed by atoms with Crippen molar-refractivity contribution in [2.75, 3.05) is 0 Å². The fraction of sp³-hybridized carbons (Fsp3) is 0. The second kappa shape index (κ2) is 1.51. The molecule has 4 heteroatoms. The molecule has 36 valence electrons. The molecule has 0 amide bonds. The zero-order valence-corrected chi connectivity index (χ0v) is 3.37. The van der Waals surface area contributed by atoms with Gasteiger partial charge in [-0.25, -0.2) is 4.63 Å². The Bertz CT molecular complexity index is 146. The van der Waals surface area contributed by atoms with E-state index in [4.69, 9.17) is 0 Å². The van der Waals surface area contributed by atoms with Crippen molar-refractivity contribution in [2.45, 2.75) is 0 Å². The molecule has 7 heavy (non-hydrogen) atoms. The Morgan fingerprint density at radius 2 is 2.71 bits per heavy atom. The van der Waals surface area contributed by atoms with E-state index >= 15 is 0 Å². The highest BCUT2D eigenvalue weighted by molar-refractivity contribution is 5.70. The molecule has 4 nitrogen and oxygen atoms in total. The molecule has 0 aliphatic heterocycles. The molecule has 0 saturated carbocycles. The van der Waals surface area contributed by atoms with Crippen molar-refractivity contribution >= 4 is 6.29 Å². The van der Waals surface area contributed by atoms with Crippen LogP contribution < -0.4 is 0 Å². The van der Waals surface area contributed by atoms with E-state index in [1.807, 2.05) is 0 Å². The molecule has 1 aromatic heterocycles. The monoisotopic (exact) mass is 98.0 g/mol. The molecular formula is C3H2N2O2. The molecule has 0 aromatic carbocycles. The van der Waals surface area contributed by atoms with E-state index in [0.717, 1.165) is 0 Å². The van der Waals surface area contributed by atoms with Crippen molar-refractivity contribution in [3.8, 4) is 0 Å². The molecule has 0 radical (unpaired) electrons. The topological polar surface area (TPSA) is 56.0 Å². The first kappa shape index (κ1) is 3.98. The van der Waals surface area contributed by atoms with Gasteiger partial charge in [0.15, 0.2) is 12.0 Å². The molecular weight excluding hydrogens is 96.0 g/mol. The smallest absolute Gasteiger partial charge is 0.173 e. The Labute approximate surface area is 39.1 Å². The van der Waals surface area contributed by atoms with Crippen molar-refractivity contribution in [3.05, 3.63) is 11.9 Å². The van der Waals surface area contributed by atoms with Crippen LogP contribution >= 0.6 is 0 Å². The summed E-state index contributed by atoms with van der Waals surface area (Å²) in [5.41, 5.74) is 0.222. The Morgan fingerprint density at radius 1 is 1.86 bits per heavy atom. The zero-order valence-electron chi connectivity index (χ0n) is 3.37. The lowest BCUT2D eigenvalue weighted by Crippen LogP contribution is -1.72. The number of nitrogens with zero attached hydrogens (tertiary/aromatic N) is 2. The standard InChI is InChI=1S/C3H2N2O2/c6-2-3-1-4-7-5-3/h1-2H. The lowest BCUT2D eigenvalue weighted by molar-refractivity contribution is 0.111. The fourth-order valence-electron chi connectivity index (χ4n) is 0.224. The maximum Gasteiger partial charge on any atom is 0.173 e. The van der Waals surface area contributed by atoms with Gasteiger partial charge in [-0.2, -0.15) is 0 Å². The van der Waals surface area contributed by atoms with E-state index in [-0.39, 0.29) is 5.69 Å². The summed E-state index contributed by atoms with van der Waals surface area (Å²) >= 11 is 0. The van der Waals surface area contributed by atoms with Crippen LogP contribution in [-0.2, 0) is 0 Å². The quantitative estimate of drug-likeness (QED) is 0.459. The van der Waals surface area contributed by atoms with E-state index in [1.54, 1.807) is 0 Å². The number of hydrogen-bond acceptors (Lipinski definition) is 4. The Hall–Kier alpha value is -1.19. The molecule has 0 atom stereocenters. The van der Waals surface area contributed by atoms with Gasteiger partial charge in [0.05, 0.1) is 0 Å².